The first kappa shape index (κ1) is 17.2. The van der Waals surface area contributed by atoms with Gasteiger partial charge in [0.05, 0.1) is 6.61 Å². The molecule has 1 unspecified atom stereocenters. The highest BCUT2D eigenvalue weighted by Crippen LogP contribution is 2.54. The van der Waals surface area contributed by atoms with Crippen LogP contribution in [-0.4, -0.2) is 37.5 Å². The van der Waals surface area contributed by atoms with Crippen LogP contribution < -0.4 is 0 Å². The highest BCUT2D eigenvalue weighted by molar-refractivity contribution is 5.78. The third-order valence-corrected chi connectivity index (χ3v) is 5.44. The molecular formula is C19H27N5O2. The number of nitrogens with zero attached hydrogens (tertiary/aromatic N) is 4. The third-order valence-electron chi connectivity index (χ3n) is 5.44. The number of carbonyl (C=O) groups excluding carboxylic acids is 1. The van der Waals surface area contributed by atoms with E-state index in [2.05, 4.69) is 29.1 Å². The van der Waals surface area contributed by atoms with Crippen molar-refractivity contribution in [3.05, 3.63) is 18.1 Å². The molecular weight excluding hydrogens is 330 g/mol. The van der Waals surface area contributed by atoms with Crippen LogP contribution in [0.15, 0.2) is 12.3 Å². The van der Waals surface area contributed by atoms with Gasteiger partial charge in [0.2, 0.25) is 0 Å². The summed E-state index contributed by atoms with van der Waals surface area (Å²) in [4.78, 5) is 17.5. The van der Waals surface area contributed by atoms with Crippen LogP contribution in [0.1, 0.15) is 64.2 Å². The summed E-state index contributed by atoms with van der Waals surface area (Å²) in [7, 11) is 0. The number of nitrogens with one attached hydrogen (secondary N) is 1. The zero-order valence-corrected chi connectivity index (χ0v) is 15.7. The second-order valence-corrected chi connectivity index (χ2v) is 7.78. The predicted octanol–water partition coefficient (Wildman–Crippen LogP) is 3.33. The first-order valence-electron chi connectivity index (χ1n) is 9.73. The van der Waals surface area contributed by atoms with E-state index >= 15 is 0 Å². The van der Waals surface area contributed by atoms with E-state index in [4.69, 9.17) is 9.72 Å². The molecule has 2 aromatic heterocycles. The van der Waals surface area contributed by atoms with Gasteiger partial charge in [0.25, 0.3) is 0 Å². The Morgan fingerprint density at radius 2 is 2.00 bits per heavy atom. The molecule has 26 heavy (non-hydrogen) atoms. The number of hydrogen-bond donors (Lipinski definition) is 1. The second kappa shape index (κ2) is 6.85. The first-order chi connectivity index (χ1) is 12.6. The zero-order valence-electron chi connectivity index (χ0n) is 15.7. The summed E-state index contributed by atoms with van der Waals surface area (Å²) in [6, 6.07) is 2.12. The number of hydrogen-bond acceptors (Lipinski definition) is 5. The fourth-order valence-electron chi connectivity index (χ4n) is 4.01. The molecule has 0 aliphatic heterocycles. The maximum absolute atomic E-state index is 12.8. The minimum Gasteiger partial charge on any atom is -0.465 e. The van der Waals surface area contributed by atoms with E-state index in [0.29, 0.717) is 36.0 Å². The van der Waals surface area contributed by atoms with Crippen LogP contribution in [0.4, 0.5) is 0 Å². The van der Waals surface area contributed by atoms with E-state index < -0.39 is 0 Å². The summed E-state index contributed by atoms with van der Waals surface area (Å²) < 4.78 is 7.31. The number of rotatable bonds is 8. The summed E-state index contributed by atoms with van der Waals surface area (Å²) in [5.41, 5.74) is 0.861. The molecule has 0 saturated heterocycles. The van der Waals surface area contributed by atoms with Gasteiger partial charge in [-0.3, -0.25) is 14.6 Å². The van der Waals surface area contributed by atoms with Crippen LogP contribution >= 0.6 is 0 Å². The average molecular weight is 357 g/mol. The lowest BCUT2D eigenvalue weighted by Crippen LogP contribution is -2.28. The van der Waals surface area contributed by atoms with E-state index in [1.807, 2.05) is 17.7 Å². The Bertz CT molecular complexity index is 760. The number of aromatic amines is 1. The van der Waals surface area contributed by atoms with Crippen molar-refractivity contribution in [2.24, 2.45) is 17.8 Å². The van der Waals surface area contributed by atoms with Crippen LogP contribution in [0.3, 0.4) is 0 Å². The molecule has 0 spiro atoms. The molecule has 2 aliphatic carbocycles. The predicted molar refractivity (Wildman–Crippen MR) is 96.3 cm³/mol. The maximum Gasteiger partial charge on any atom is 0.316 e. The molecule has 2 aliphatic rings. The van der Waals surface area contributed by atoms with Gasteiger partial charge in [-0.15, -0.1) is 0 Å². The van der Waals surface area contributed by atoms with Crippen molar-refractivity contribution in [3.63, 3.8) is 0 Å². The van der Waals surface area contributed by atoms with Crippen molar-refractivity contribution in [2.45, 2.75) is 58.4 Å². The highest BCUT2D eigenvalue weighted by Gasteiger charge is 2.50. The lowest BCUT2D eigenvalue weighted by Gasteiger charge is -2.23. The van der Waals surface area contributed by atoms with Crippen molar-refractivity contribution >= 4 is 5.97 Å². The number of aromatic nitrogens is 5. The monoisotopic (exact) mass is 357 g/mol. The molecule has 0 amide bonds. The Labute approximate surface area is 153 Å². The Hall–Kier alpha value is -2.18. The SMILES string of the molecule is CCOC(=O)C(c1nc(-c2ccnn2C(C)C)n[nH]1)C(C1CC1)C1CC1. The zero-order chi connectivity index (χ0) is 18.3. The number of ether oxygens (including phenoxy) is 1. The van der Waals surface area contributed by atoms with Gasteiger partial charge in [0.1, 0.15) is 17.4 Å². The number of carbonyl (C=O) groups is 1. The molecule has 2 aromatic rings. The smallest absolute Gasteiger partial charge is 0.316 e. The van der Waals surface area contributed by atoms with E-state index in [9.17, 15) is 4.79 Å². The van der Waals surface area contributed by atoms with Crippen LogP contribution in [0.5, 0.6) is 0 Å². The Morgan fingerprint density at radius 1 is 1.31 bits per heavy atom. The summed E-state index contributed by atoms with van der Waals surface area (Å²) in [5.74, 6) is 2.27. The van der Waals surface area contributed by atoms with Gasteiger partial charge in [-0.25, -0.2) is 4.98 Å². The van der Waals surface area contributed by atoms with Crippen molar-refractivity contribution in [3.8, 4) is 11.5 Å². The fourth-order valence-corrected chi connectivity index (χ4v) is 4.01. The number of H-pyrrole nitrogens is 1. The molecule has 2 fully saturated rings. The van der Waals surface area contributed by atoms with Gasteiger partial charge in [-0.2, -0.15) is 10.2 Å². The summed E-state index contributed by atoms with van der Waals surface area (Å²) in [6.45, 7) is 6.38. The van der Waals surface area contributed by atoms with Crippen LogP contribution in [0.2, 0.25) is 0 Å². The molecule has 7 heteroatoms. The third kappa shape index (κ3) is 3.27. The lowest BCUT2D eigenvalue weighted by molar-refractivity contribution is -0.147. The van der Waals surface area contributed by atoms with Crippen molar-refractivity contribution in [1.82, 2.24) is 25.0 Å². The largest absolute Gasteiger partial charge is 0.465 e. The van der Waals surface area contributed by atoms with E-state index in [1.54, 1.807) is 6.20 Å². The summed E-state index contributed by atoms with van der Waals surface area (Å²) in [5, 5.41) is 11.8. The molecule has 140 valence electrons. The second-order valence-electron chi connectivity index (χ2n) is 7.78. The highest BCUT2D eigenvalue weighted by atomic mass is 16.5. The normalized spacial score (nSPS) is 18.5. The Balaban J connectivity index is 1.67. The minimum atomic E-state index is -0.341. The molecule has 7 nitrogen and oxygen atoms in total. The Morgan fingerprint density at radius 3 is 2.58 bits per heavy atom. The Kier molecular flexibility index (Phi) is 4.54. The summed E-state index contributed by atoms with van der Waals surface area (Å²) in [6.07, 6.45) is 6.58. The molecule has 2 heterocycles. The molecule has 1 N–H and O–H groups in total. The topological polar surface area (TPSA) is 85.7 Å². The van der Waals surface area contributed by atoms with Gasteiger partial charge in [-0.05, 0) is 70.3 Å². The first-order valence-corrected chi connectivity index (χ1v) is 9.73. The summed E-state index contributed by atoms with van der Waals surface area (Å²) >= 11 is 0. The average Bonchev–Trinajstić information content (AvgIpc) is 3.52. The minimum absolute atomic E-state index is 0.170. The molecule has 0 radical (unpaired) electrons. The quantitative estimate of drug-likeness (QED) is 0.732. The lowest BCUT2D eigenvalue weighted by atomic mass is 9.83. The maximum atomic E-state index is 12.8. The molecule has 2 saturated carbocycles. The molecule has 1 atom stereocenters. The van der Waals surface area contributed by atoms with Gasteiger partial charge >= 0.3 is 5.97 Å². The number of esters is 1. The van der Waals surface area contributed by atoms with Crippen molar-refractivity contribution in [2.75, 3.05) is 6.61 Å². The van der Waals surface area contributed by atoms with Crippen molar-refractivity contribution < 1.29 is 9.53 Å². The van der Waals surface area contributed by atoms with E-state index in [-0.39, 0.29) is 17.9 Å². The standard InChI is InChI=1S/C19H27N5O2/c1-4-26-19(25)16(15(12-5-6-12)13-7-8-13)18-21-17(22-23-18)14-9-10-20-24(14)11(2)3/h9-13,15-16H,4-8H2,1-3H3,(H,21,22,23). The van der Waals surface area contributed by atoms with E-state index in [0.717, 1.165) is 5.69 Å². The molecule has 4 rings (SSSR count). The van der Waals surface area contributed by atoms with E-state index in [1.165, 1.54) is 25.7 Å². The van der Waals surface area contributed by atoms with Crippen LogP contribution in [0.25, 0.3) is 11.5 Å². The molecule has 0 bridgehead atoms. The van der Waals surface area contributed by atoms with Gasteiger partial charge in [0, 0.05) is 12.2 Å². The fraction of sp³-hybridized carbons (Fsp3) is 0.684. The van der Waals surface area contributed by atoms with Crippen molar-refractivity contribution in [1.29, 1.82) is 0 Å². The van der Waals surface area contributed by atoms with Crippen LogP contribution in [-0.2, 0) is 9.53 Å². The van der Waals surface area contributed by atoms with Gasteiger partial charge in [0.15, 0.2) is 5.82 Å². The van der Waals surface area contributed by atoms with Crippen LogP contribution in [0, 0.1) is 17.8 Å². The van der Waals surface area contributed by atoms with Gasteiger partial charge < -0.3 is 4.74 Å². The van der Waals surface area contributed by atoms with Gasteiger partial charge in [-0.1, -0.05) is 0 Å². The molecule has 0 aromatic carbocycles.